The molecule has 124 valence electrons. The molecule has 4 nitrogen and oxygen atoms in total. The molecule has 2 heterocycles. The minimum atomic E-state index is -0.169. The van der Waals surface area contributed by atoms with E-state index in [0.29, 0.717) is 6.54 Å². The summed E-state index contributed by atoms with van der Waals surface area (Å²) in [5, 5.41) is 13.7. The van der Waals surface area contributed by atoms with Crippen LogP contribution in [0.3, 0.4) is 0 Å². The second-order valence-electron chi connectivity index (χ2n) is 6.28. The smallest absolute Gasteiger partial charge is 0.123 e. The zero-order chi connectivity index (χ0) is 16.4. The molecule has 0 spiro atoms. The van der Waals surface area contributed by atoms with Crippen molar-refractivity contribution in [1.29, 1.82) is 0 Å². The summed E-state index contributed by atoms with van der Waals surface area (Å²) in [6, 6.07) is 7.22. The highest BCUT2D eigenvalue weighted by Crippen LogP contribution is 2.34. The van der Waals surface area contributed by atoms with Crippen LogP contribution in [-0.2, 0) is 13.1 Å². The van der Waals surface area contributed by atoms with Crippen LogP contribution in [0.25, 0.3) is 0 Å². The van der Waals surface area contributed by atoms with Gasteiger partial charge in [-0.05, 0) is 50.9 Å². The SMILES string of the molecule is Cc1nn(CCO)c(C)c1CN1CCCC1c1cccc(F)c1. The average molecular weight is 317 g/mol. The fraction of sp³-hybridized carbons (Fsp3) is 0.500. The number of nitrogens with zero attached hydrogens (tertiary/aromatic N) is 3. The second-order valence-corrected chi connectivity index (χ2v) is 6.28. The maximum absolute atomic E-state index is 13.5. The van der Waals surface area contributed by atoms with E-state index >= 15 is 0 Å². The minimum absolute atomic E-state index is 0.0943. The summed E-state index contributed by atoms with van der Waals surface area (Å²) in [5.41, 5.74) is 4.41. The molecule has 23 heavy (non-hydrogen) atoms. The van der Waals surface area contributed by atoms with Gasteiger partial charge in [0.15, 0.2) is 0 Å². The summed E-state index contributed by atoms with van der Waals surface area (Å²) >= 11 is 0. The fourth-order valence-corrected chi connectivity index (χ4v) is 3.59. The van der Waals surface area contributed by atoms with Crippen molar-refractivity contribution >= 4 is 0 Å². The number of rotatable bonds is 5. The van der Waals surface area contributed by atoms with Gasteiger partial charge in [-0.3, -0.25) is 9.58 Å². The van der Waals surface area contributed by atoms with Crippen LogP contribution in [0.5, 0.6) is 0 Å². The Labute approximate surface area is 136 Å². The van der Waals surface area contributed by atoms with E-state index in [1.54, 1.807) is 12.1 Å². The van der Waals surface area contributed by atoms with E-state index in [0.717, 1.165) is 42.9 Å². The Bertz CT molecular complexity index is 683. The Morgan fingerprint density at radius 2 is 2.17 bits per heavy atom. The molecule has 0 amide bonds. The zero-order valence-corrected chi connectivity index (χ0v) is 13.8. The van der Waals surface area contributed by atoms with Crippen molar-refractivity contribution in [1.82, 2.24) is 14.7 Å². The number of aliphatic hydroxyl groups excluding tert-OH is 1. The van der Waals surface area contributed by atoms with Crippen molar-refractivity contribution < 1.29 is 9.50 Å². The van der Waals surface area contributed by atoms with E-state index in [9.17, 15) is 4.39 Å². The molecule has 2 aromatic rings. The standard InChI is InChI=1S/C18H24FN3O/c1-13-17(14(2)22(20-13)9-10-23)12-21-8-4-7-18(21)15-5-3-6-16(19)11-15/h3,5-6,11,18,23H,4,7-10,12H2,1-2H3. The van der Waals surface area contributed by atoms with Gasteiger partial charge >= 0.3 is 0 Å². The molecule has 1 aliphatic heterocycles. The maximum atomic E-state index is 13.5. The lowest BCUT2D eigenvalue weighted by Crippen LogP contribution is -2.23. The number of aryl methyl sites for hydroxylation is 1. The van der Waals surface area contributed by atoms with E-state index < -0.39 is 0 Å². The number of hydrogen-bond donors (Lipinski definition) is 1. The average Bonchev–Trinajstić information content (AvgIpc) is 3.08. The molecule has 0 aliphatic carbocycles. The van der Waals surface area contributed by atoms with Crippen LogP contribution in [0, 0.1) is 19.7 Å². The molecule has 0 saturated carbocycles. The predicted octanol–water partition coefficient (Wildman–Crippen LogP) is 2.97. The van der Waals surface area contributed by atoms with Crippen molar-refractivity contribution in [3.05, 3.63) is 52.6 Å². The van der Waals surface area contributed by atoms with E-state index in [-0.39, 0.29) is 18.5 Å². The van der Waals surface area contributed by atoms with Gasteiger partial charge in [0.25, 0.3) is 0 Å². The van der Waals surface area contributed by atoms with E-state index in [1.807, 2.05) is 17.7 Å². The first-order valence-corrected chi connectivity index (χ1v) is 8.23. The van der Waals surface area contributed by atoms with Gasteiger partial charge in [-0.1, -0.05) is 12.1 Å². The Hall–Kier alpha value is -1.72. The fourth-order valence-electron chi connectivity index (χ4n) is 3.59. The lowest BCUT2D eigenvalue weighted by molar-refractivity contribution is 0.246. The quantitative estimate of drug-likeness (QED) is 0.922. The largest absolute Gasteiger partial charge is 0.394 e. The molecule has 1 aromatic carbocycles. The molecule has 3 rings (SSSR count). The number of aromatic nitrogens is 2. The maximum Gasteiger partial charge on any atom is 0.123 e. The molecule has 1 fully saturated rings. The topological polar surface area (TPSA) is 41.3 Å². The van der Waals surface area contributed by atoms with Gasteiger partial charge in [-0.25, -0.2) is 4.39 Å². The first-order chi connectivity index (χ1) is 11.1. The first-order valence-electron chi connectivity index (χ1n) is 8.23. The highest BCUT2D eigenvalue weighted by molar-refractivity contribution is 5.26. The van der Waals surface area contributed by atoms with Crippen LogP contribution in [-0.4, -0.2) is 32.9 Å². The molecule has 1 aliphatic rings. The molecule has 1 N–H and O–H groups in total. The summed E-state index contributed by atoms with van der Waals surface area (Å²) in [4.78, 5) is 2.41. The van der Waals surface area contributed by atoms with Gasteiger partial charge in [0, 0.05) is 23.8 Å². The van der Waals surface area contributed by atoms with Crippen molar-refractivity contribution in [2.75, 3.05) is 13.2 Å². The first kappa shape index (κ1) is 16.1. The molecular formula is C18H24FN3O. The summed E-state index contributed by atoms with van der Waals surface area (Å²) in [6.07, 6.45) is 2.19. The highest BCUT2D eigenvalue weighted by Gasteiger charge is 2.27. The molecule has 1 unspecified atom stereocenters. The molecule has 0 bridgehead atoms. The summed E-state index contributed by atoms with van der Waals surface area (Å²) in [7, 11) is 0. The van der Waals surface area contributed by atoms with Gasteiger partial charge < -0.3 is 5.11 Å². The number of hydrogen-bond acceptors (Lipinski definition) is 3. The molecule has 5 heteroatoms. The van der Waals surface area contributed by atoms with Crippen LogP contribution in [0.2, 0.25) is 0 Å². The monoisotopic (exact) mass is 317 g/mol. The van der Waals surface area contributed by atoms with Gasteiger partial charge in [0.1, 0.15) is 5.82 Å². The summed E-state index contributed by atoms with van der Waals surface area (Å²) in [6.45, 7) is 6.54. The molecule has 1 aromatic heterocycles. The van der Waals surface area contributed by atoms with Gasteiger partial charge in [0.2, 0.25) is 0 Å². The number of halogens is 1. The molecule has 1 saturated heterocycles. The normalized spacial score (nSPS) is 18.7. The lowest BCUT2D eigenvalue weighted by Gasteiger charge is -2.25. The zero-order valence-electron chi connectivity index (χ0n) is 13.8. The van der Waals surface area contributed by atoms with E-state index in [1.165, 1.54) is 11.6 Å². The summed E-state index contributed by atoms with van der Waals surface area (Å²) < 4.78 is 15.4. The van der Waals surface area contributed by atoms with Crippen molar-refractivity contribution in [3.8, 4) is 0 Å². The third kappa shape index (κ3) is 3.31. The minimum Gasteiger partial charge on any atom is -0.394 e. The molecule has 1 atom stereocenters. The second kappa shape index (κ2) is 6.81. The van der Waals surface area contributed by atoms with Gasteiger partial charge in [0.05, 0.1) is 18.8 Å². The van der Waals surface area contributed by atoms with E-state index in [2.05, 4.69) is 16.9 Å². The Balaban J connectivity index is 1.82. The van der Waals surface area contributed by atoms with Crippen molar-refractivity contribution in [2.45, 2.75) is 45.8 Å². The third-order valence-electron chi connectivity index (χ3n) is 4.80. The van der Waals surface area contributed by atoms with Gasteiger partial charge in [-0.2, -0.15) is 5.10 Å². The Kier molecular flexibility index (Phi) is 4.78. The highest BCUT2D eigenvalue weighted by atomic mass is 19.1. The van der Waals surface area contributed by atoms with E-state index in [4.69, 9.17) is 5.11 Å². The van der Waals surface area contributed by atoms with Gasteiger partial charge in [-0.15, -0.1) is 0 Å². The van der Waals surface area contributed by atoms with Crippen molar-refractivity contribution in [3.63, 3.8) is 0 Å². The van der Waals surface area contributed by atoms with Crippen molar-refractivity contribution in [2.24, 2.45) is 0 Å². The Morgan fingerprint density at radius 1 is 1.35 bits per heavy atom. The lowest BCUT2D eigenvalue weighted by atomic mass is 10.0. The van der Waals surface area contributed by atoms with Crippen LogP contribution in [0.15, 0.2) is 24.3 Å². The molecule has 0 radical (unpaired) electrons. The Morgan fingerprint density at radius 3 is 2.91 bits per heavy atom. The van der Waals surface area contributed by atoms with Crippen LogP contribution in [0.1, 0.15) is 41.4 Å². The number of aliphatic hydroxyl groups is 1. The number of likely N-dealkylation sites (tertiary alicyclic amines) is 1. The van der Waals surface area contributed by atoms with Crippen LogP contribution >= 0.6 is 0 Å². The molecular weight excluding hydrogens is 293 g/mol. The number of benzene rings is 1. The third-order valence-corrected chi connectivity index (χ3v) is 4.80. The van der Waals surface area contributed by atoms with Crippen LogP contribution < -0.4 is 0 Å². The van der Waals surface area contributed by atoms with Crippen LogP contribution in [0.4, 0.5) is 4.39 Å². The predicted molar refractivity (Wildman–Crippen MR) is 87.6 cm³/mol. The summed E-state index contributed by atoms with van der Waals surface area (Å²) in [5.74, 6) is -0.169.